The largest absolute Gasteiger partial charge is 0.326 e. The summed E-state index contributed by atoms with van der Waals surface area (Å²) < 4.78 is 70.1. The van der Waals surface area contributed by atoms with Crippen LogP contribution in [0.5, 0.6) is 0 Å². The van der Waals surface area contributed by atoms with Crippen molar-refractivity contribution in [1.82, 2.24) is 0 Å². The van der Waals surface area contributed by atoms with Gasteiger partial charge in [-0.25, -0.2) is 22.0 Å². The number of halogens is 9. The molecule has 210 valence electrons. The summed E-state index contributed by atoms with van der Waals surface area (Å²) in [6, 6.07) is 5.54. The lowest BCUT2D eigenvalue weighted by molar-refractivity contribution is -0.117. The van der Waals surface area contributed by atoms with Crippen LogP contribution in [0.15, 0.2) is 36.4 Å². The van der Waals surface area contributed by atoms with E-state index in [-0.39, 0.29) is 26.9 Å². The Morgan fingerprint density at radius 1 is 0.875 bits per heavy atom. The molecule has 4 nitrogen and oxygen atoms in total. The van der Waals surface area contributed by atoms with Crippen molar-refractivity contribution in [3.05, 3.63) is 97.8 Å². The van der Waals surface area contributed by atoms with Crippen LogP contribution in [-0.2, 0) is 22.4 Å². The van der Waals surface area contributed by atoms with Gasteiger partial charge in [0.15, 0.2) is 17.4 Å². The molecule has 0 bridgehead atoms. The maximum absolute atomic E-state index is 14.8. The van der Waals surface area contributed by atoms with E-state index in [2.05, 4.69) is 5.32 Å². The molecule has 4 rings (SSSR count). The second kappa shape index (κ2) is 11.3. The van der Waals surface area contributed by atoms with Crippen LogP contribution < -0.4 is 5.32 Å². The number of anilines is 1. The lowest BCUT2D eigenvalue weighted by atomic mass is 9.97. The van der Waals surface area contributed by atoms with Gasteiger partial charge in [-0.1, -0.05) is 29.3 Å². The molecule has 1 aliphatic rings. The zero-order chi connectivity index (χ0) is 29.7. The molecule has 1 fully saturated rings. The number of nitrogens with one attached hydrogen (secondary N) is 1. The van der Waals surface area contributed by atoms with Crippen molar-refractivity contribution < 1.29 is 36.3 Å². The molecule has 2 atom stereocenters. The molecule has 0 aromatic heterocycles. The summed E-state index contributed by atoms with van der Waals surface area (Å²) in [4.78, 5) is 37.1. The number of alkyl halides is 2. The lowest BCUT2D eigenvalue weighted by Crippen LogP contribution is -2.18. The van der Waals surface area contributed by atoms with Gasteiger partial charge < -0.3 is 5.32 Å². The van der Waals surface area contributed by atoms with Crippen LogP contribution in [0.3, 0.4) is 0 Å². The molecule has 3 aromatic rings. The number of rotatable bonds is 8. The molecule has 0 aliphatic heterocycles. The SMILES string of the molecule is CC(=O)Cc1c(F)ccc(CC(=O)c2cc(NC(=O)[C@H]3[C@H](c4cc(F)c(Cl)c(Cl)c4)C3(Cl)Cl)cc(F)c2F)c1F. The fourth-order valence-electron chi connectivity index (χ4n) is 4.37. The molecule has 1 amide bonds. The van der Waals surface area contributed by atoms with Crippen molar-refractivity contribution in [1.29, 1.82) is 0 Å². The molecule has 1 N–H and O–H groups in total. The minimum atomic E-state index is -1.71. The van der Waals surface area contributed by atoms with Gasteiger partial charge in [-0.15, -0.1) is 23.2 Å². The quantitative estimate of drug-likeness (QED) is 0.119. The summed E-state index contributed by atoms with van der Waals surface area (Å²) in [5, 5.41) is 1.82. The summed E-state index contributed by atoms with van der Waals surface area (Å²) in [5.74, 6) is -10.7. The third kappa shape index (κ3) is 5.84. The molecule has 40 heavy (non-hydrogen) atoms. The van der Waals surface area contributed by atoms with Gasteiger partial charge in [0.2, 0.25) is 5.91 Å². The van der Waals surface area contributed by atoms with Gasteiger partial charge in [-0.2, -0.15) is 0 Å². The number of ketones is 2. The Balaban J connectivity index is 1.57. The van der Waals surface area contributed by atoms with Crippen molar-refractivity contribution in [2.75, 3.05) is 5.32 Å². The Morgan fingerprint density at radius 2 is 1.55 bits per heavy atom. The summed E-state index contributed by atoms with van der Waals surface area (Å²) in [6.07, 6.45) is -1.37. The normalized spacial score (nSPS) is 17.4. The second-order valence-electron chi connectivity index (χ2n) is 9.22. The first-order chi connectivity index (χ1) is 18.6. The molecule has 1 aliphatic carbocycles. The third-order valence-electron chi connectivity index (χ3n) is 6.34. The summed E-state index contributed by atoms with van der Waals surface area (Å²) in [7, 11) is 0. The Bertz CT molecular complexity index is 1560. The minimum absolute atomic E-state index is 0.137. The van der Waals surface area contributed by atoms with E-state index in [4.69, 9.17) is 46.4 Å². The smallest absolute Gasteiger partial charge is 0.231 e. The number of amides is 1. The second-order valence-corrected chi connectivity index (χ2v) is 11.4. The van der Waals surface area contributed by atoms with Gasteiger partial charge in [0.1, 0.15) is 27.6 Å². The first kappa shape index (κ1) is 30.2. The molecule has 0 saturated heterocycles. The molecule has 0 unspecified atom stereocenters. The predicted molar refractivity (Wildman–Crippen MR) is 141 cm³/mol. The van der Waals surface area contributed by atoms with Crippen LogP contribution in [0.1, 0.15) is 39.9 Å². The average molecular weight is 639 g/mol. The van der Waals surface area contributed by atoms with E-state index >= 15 is 0 Å². The number of carbonyl (C=O) groups is 3. The van der Waals surface area contributed by atoms with Gasteiger partial charge in [0.05, 0.1) is 21.5 Å². The van der Waals surface area contributed by atoms with Crippen LogP contribution in [0.25, 0.3) is 0 Å². The Morgan fingerprint density at radius 3 is 2.17 bits per heavy atom. The molecular formula is C27H16Cl4F5NO3. The van der Waals surface area contributed by atoms with Crippen molar-refractivity contribution in [3.8, 4) is 0 Å². The highest BCUT2D eigenvalue weighted by Crippen LogP contribution is 2.65. The number of carbonyl (C=O) groups excluding carboxylic acids is 3. The number of hydrogen-bond donors (Lipinski definition) is 1. The molecular weight excluding hydrogens is 623 g/mol. The first-order valence-electron chi connectivity index (χ1n) is 11.4. The summed E-state index contributed by atoms with van der Waals surface area (Å²) in [5.41, 5.74) is -1.91. The first-order valence-corrected chi connectivity index (χ1v) is 12.9. The maximum Gasteiger partial charge on any atom is 0.231 e. The van der Waals surface area contributed by atoms with E-state index in [0.29, 0.717) is 6.07 Å². The van der Waals surface area contributed by atoms with E-state index < -0.39 is 86.7 Å². The monoisotopic (exact) mass is 637 g/mol. The van der Waals surface area contributed by atoms with Crippen LogP contribution in [0.2, 0.25) is 10.0 Å². The standard InChI is InChI=1S/C27H16Cl4F5NO3/c1-10(38)4-14-17(32)3-2-11(24(14)35)7-20(39)15-8-13(9-19(34)25(15)36)37-26(40)22-21(27(22,30)31)12-5-16(28)23(29)18(33)6-12/h2-3,5-6,8-9,21-22H,4,7H2,1H3,(H,37,40)/t21-,22+/m0/s1. The van der Waals surface area contributed by atoms with Gasteiger partial charge in [0, 0.05) is 36.1 Å². The van der Waals surface area contributed by atoms with Crippen molar-refractivity contribution in [3.63, 3.8) is 0 Å². The van der Waals surface area contributed by atoms with Crippen molar-refractivity contribution in [2.45, 2.75) is 30.0 Å². The topological polar surface area (TPSA) is 63.2 Å². The van der Waals surface area contributed by atoms with Crippen LogP contribution in [0, 0.1) is 35.0 Å². The van der Waals surface area contributed by atoms with Crippen LogP contribution in [-0.4, -0.2) is 21.8 Å². The highest BCUT2D eigenvalue weighted by atomic mass is 35.5. The number of Topliss-reactive ketones (excluding diaryl/α,β-unsaturated/α-hetero) is 2. The van der Waals surface area contributed by atoms with E-state index in [0.717, 1.165) is 31.2 Å². The van der Waals surface area contributed by atoms with E-state index in [1.165, 1.54) is 6.07 Å². The number of hydrogen-bond acceptors (Lipinski definition) is 3. The van der Waals surface area contributed by atoms with E-state index in [1.807, 2.05) is 0 Å². The fourth-order valence-corrected chi connectivity index (χ4v) is 5.52. The van der Waals surface area contributed by atoms with Gasteiger partial charge >= 0.3 is 0 Å². The van der Waals surface area contributed by atoms with Crippen LogP contribution >= 0.6 is 46.4 Å². The fraction of sp³-hybridized carbons (Fsp3) is 0.222. The molecule has 13 heteroatoms. The minimum Gasteiger partial charge on any atom is -0.326 e. The van der Waals surface area contributed by atoms with E-state index in [9.17, 15) is 36.3 Å². The zero-order valence-corrected chi connectivity index (χ0v) is 23.2. The average Bonchev–Trinajstić information content (AvgIpc) is 3.45. The molecule has 0 spiro atoms. The lowest BCUT2D eigenvalue weighted by Gasteiger charge is -2.11. The van der Waals surface area contributed by atoms with Crippen LogP contribution in [0.4, 0.5) is 27.6 Å². The highest BCUT2D eigenvalue weighted by molar-refractivity contribution is 6.53. The van der Waals surface area contributed by atoms with Crippen molar-refractivity contribution >= 4 is 69.6 Å². The van der Waals surface area contributed by atoms with Gasteiger partial charge in [0.25, 0.3) is 0 Å². The predicted octanol–water partition coefficient (Wildman–Crippen LogP) is 7.77. The van der Waals surface area contributed by atoms with Gasteiger partial charge in [-0.05, 0) is 42.3 Å². The Kier molecular flexibility index (Phi) is 8.53. The van der Waals surface area contributed by atoms with Crippen molar-refractivity contribution in [2.24, 2.45) is 5.92 Å². The maximum atomic E-state index is 14.8. The molecule has 3 aromatic carbocycles. The zero-order valence-electron chi connectivity index (χ0n) is 20.2. The van der Waals surface area contributed by atoms with Gasteiger partial charge in [-0.3, -0.25) is 14.4 Å². The molecule has 0 heterocycles. The third-order valence-corrected chi connectivity index (χ3v) is 8.06. The Labute approximate surface area is 244 Å². The molecule has 1 saturated carbocycles. The molecule has 0 radical (unpaired) electrons. The number of benzene rings is 3. The Hall–Kier alpha value is -2.72. The van der Waals surface area contributed by atoms with E-state index in [1.54, 1.807) is 0 Å². The highest BCUT2D eigenvalue weighted by Gasteiger charge is 2.67. The summed E-state index contributed by atoms with van der Waals surface area (Å²) >= 11 is 24.1. The summed E-state index contributed by atoms with van der Waals surface area (Å²) in [6.45, 7) is 1.12.